The number of hydrogen-bond acceptors (Lipinski definition) is 4. The molecule has 1 aromatic heterocycles. The molecule has 0 unspecified atom stereocenters. The van der Waals surface area contributed by atoms with Gasteiger partial charge >= 0.3 is 0 Å². The predicted molar refractivity (Wildman–Crippen MR) is 91.2 cm³/mol. The van der Waals surface area contributed by atoms with Crippen molar-refractivity contribution < 1.29 is 13.2 Å². The van der Waals surface area contributed by atoms with Crippen molar-refractivity contribution in [2.75, 3.05) is 6.54 Å². The number of amides is 1. The normalized spacial score (nSPS) is 12.8. The Balaban J connectivity index is 2.16. The van der Waals surface area contributed by atoms with Gasteiger partial charge in [-0.15, -0.1) is 0 Å². The number of hydrogen-bond donors (Lipinski definition) is 2. The summed E-state index contributed by atoms with van der Waals surface area (Å²) in [5, 5.41) is 6.97. The first-order valence-electron chi connectivity index (χ1n) is 7.72. The van der Waals surface area contributed by atoms with Crippen LogP contribution in [0.15, 0.2) is 41.6 Å². The van der Waals surface area contributed by atoms with Crippen LogP contribution >= 0.6 is 0 Å². The largest absolute Gasteiger partial charge is 0.348 e. The van der Waals surface area contributed by atoms with Crippen LogP contribution in [-0.2, 0) is 16.6 Å². The summed E-state index contributed by atoms with van der Waals surface area (Å²) in [6, 6.07) is 6.21. The highest BCUT2D eigenvalue weighted by atomic mass is 32.2. The van der Waals surface area contributed by atoms with Gasteiger partial charge in [-0.05, 0) is 37.6 Å². The molecular weight excluding hydrogens is 328 g/mol. The predicted octanol–water partition coefficient (Wildman–Crippen LogP) is 1.31. The van der Waals surface area contributed by atoms with Gasteiger partial charge in [-0.25, -0.2) is 13.1 Å². The molecule has 0 fully saturated rings. The zero-order valence-electron chi connectivity index (χ0n) is 14.0. The minimum Gasteiger partial charge on any atom is -0.348 e. The number of aromatic nitrogens is 2. The Kier molecular flexibility index (Phi) is 5.74. The molecule has 2 N–H and O–H groups in total. The summed E-state index contributed by atoms with van der Waals surface area (Å²) in [4.78, 5) is 12.6. The Morgan fingerprint density at radius 3 is 2.75 bits per heavy atom. The quantitative estimate of drug-likeness (QED) is 0.787. The second-order valence-electron chi connectivity index (χ2n) is 5.58. The van der Waals surface area contributed by atoms with Crippen LogP contribution in [0, 0.1) is 6.92 Å². The topological polar surface area (TPSA) is 93.1 Å². The molecule has 0 saturated carbocycles. The molecular formula is C16H22N4O3S. The van der Waals surface area contributed by atoms with E-state index >= 15 is 0 Å². The number of nitrogens with zero attached hydrogens (tertiary/aromatic N) is 2. The molecule has 0 aliphatic rings. The SMILES string of the molecule is CCNS(=O)(=O)c1ccc(C)c(C(=O)N[C@H](C)Cn2cccn2)c1. The fraction of sp³-hybridized carbons (Fsp3) is 0.375. The maximum Gasteiger partial charge on any atom is 0.251 e. The van der Waals surface area contributed by atoms with Gasteiger partial charge in [0.15, 0.2) is 0 Å². The summed E-state index contributed by atoms with van der Waals surface area (Å²) < 4.78 is 28.3. The van der Waals surface area contributed by atoms with Gasteiger partial charge in [-0.1, -0.05) is 13.0 Å². The third-order valence-corrected chi connectivity index (χ3v) is 5.04. The van der Waals surface area contributed by atoms with Gasteiger partial charge in [0.05, 0.1) is 11.4 Å². The van der Waals surface area contributed by atoms with Gasteiger partial charge in [0, 0.05) is 30.5 Å². The molecule has 8 heteroatoms. The number of carbonyl (C=O) groups is 1. The van der Waals surface area contributed by atoms with Crippen molar-refractivity contribution in [1.82, 2.24) is 19.8 Å². The third kappa shape index (κ3) is 4.42. The Bertz CT molecular complexity index is 801. The fourth-order valence-electron chi connectivity index (χ4n) is 2.32. The molecule has 2 aromatic rings. The lowest BCUT2D eigenvalue weighted by Crippen LogP contribution is -2.36. The van der Waals surface area contributed by atoms with Crippen LogP contribution in [0.1, 0.15) is 29.8 Å². The lowest BCUT2D eigenvalue weighted by atomic mass is 10.1. The van der Waals surface area contributed by atoms with E-state index in [4.69, 9.17) is 0 Å². The van der Waals surface area contributed by atoms with E-state index in [9.17, 15) is 13.2 Å². The molecule has 0 aliphatic carbocycles. The van der Waals surface area contributed by atoms with Crippen LogP contribution in [0.3, 0.4) is 0 Å². The lowest BCUT2D eigenvalue weighted by molar-refractivity contribution is 0.0935. The van der Waals surface area contributed by atoms with E-state index in [2.05, 4.69) is 15.1 Å². The van der Waals surface area contributed by atoms with Crippen LogP contribution in [0.25, 0.3) is 0 Å². The first-order valence-corrected chi connectivity index (χ1v) is 9.20. The molecule has 0 saturated heterocycles. The van der Waals surface area contributed by atoms with Crippen molar-refractivity contribution in [2.45, 2.75) is 38.3 Å². The molecule has 24 heavy (non-hydrogen) atoms. The monoisotopic (exact) mass is 350 g/mol. The molecule has 2 rings (SSSR count). The lowest BCUT2D eigenvalue weighted by Gasteiger charge is -2.16. The highest BCUT2D eigenvalue weighted by Crippen LogP contribution is 2.16. The first kappa shape index (κ1) is 18.2. The zero-order chi connectivity index (χ0) is 17.7. The summed E-state index contributed by atoms with van der Waals surface area (Å²) in [5.74, 6) is -0.305. The molecule has 0 bridgehead atoms. The second-order valence-corrected chi connectivity index (χ2v) is 7.35. The van der Waals surface area contributed by atoms with Crippen molar-refractivity contribution in [2.24, 2.45) is 0 Å². The first-order chi connectivity index (χ1) is 11.3. The van der Waals surface area contributed by atoms with E-state index in [-0.39, 0.29) is 16.8 Å². The van der Waals surface area contributed by atoms with Gasteiger partial charge in [0.25, 0.3) is 5.91 Å². The second kappa shape index (κ2) is 7.59. The molecule has 1 heterocycles. The molecule has 1 aromatic carbocycles. The zero-order valence-corrected chi connectivity index (χ0v) is 14.8. The Labute approximate surface area is 142 Å². The van der Waals surface area contributed by atoms with E-state index in [0.29, 0.717) is 24.2 Å². The third-order valence-electron chi connectivity index (χ3n) is 3.50. The van der Waals surface area contributed by atoms with Crippen molar-refractivity contribution in [3.05, 3.63) is 47.8 Å². The van der Waals surface area contributed by atoms with E-state index in [1.807, 2.05) is 19.2 Å². The average molecular weight is 350 g/mol. The standard InChI is InChI=1S/C16H22N4O3S/c1-4-18-24(22,23)14-7-6-12(2)15(10-14)16(21)19-13(3)11-20-9-5-8-17-20/h5-10,13,18H,4,11H2,1-3H3,(H,19,21)/t13-/m1/s1. The van der Waals surface area contributed by atoms with Crippen LogP contribution in [0.5, 0.6) is 0 Å². The summed E-state index contributed by atoms with van der Waals surface area (Å²) in [6.45, 7) is 6.17. The maximum atomic E-state index is 12.5. The Morgan fingerprint density at radius 1 is 1.38 bits per heavy atom. The summed E-state index contributed by atoms with van der Waals surface area (Å²) in [6.07, 6.45) is 3.49. The number of nitrogens with one attached hydrogen (secondary N) is 2. The van der Waals surface area contributed by atoms with Gasteiger partial charge in [0.2, 0.25) is 10.0 Å². The van der Waals surface area contributed by atoms with Gasteiger partial charge < -0.3 is 5.32 Å². The minimum absolute atomic E-state index is 0.0832. The maximum absolute atomic E-state index is 12.5. The molecule has 0 aliphatic heterocycles. The average Bonchev–Trinajstić information content (AvgIpc) is 2.99. The van der Waals surface area contributed by atoms with Crippen molar-refractivity contribution in [3.63, 3.8) is 0 Å². The number of carbonyl (C=O) groups excluding carboxylic acids is 1. The van der Waals surface area contributed by atoms with Gasteiger partial charge in [0.1, 0.15) is 0 Å². The van der Waals surface area contributed by atoms with E-state index < -0.39 is 10.0 Å². The van der Waals surface area contributed by atoms with Crippen LogP contribution in [0.2, 0.25) is 0 Å². The number of aryl methyl sites for hydroxylation is 1. The van der Waals surface area contributed by atoms with E-state index in [0.717, 1.165) is 0 Å². The van der Waals surface area contributed by atoms with Gasteiger partial charge in [-0.2, -0.15) is 5.10 Å². The number of sulfonamides is 1. The molecule has 1 amide bonds. The molecule has 0 radical (unpaired) electrons. The summed E-state index contributed by atoms with van der Waals surface area (Å²) in [5.41, 5.74) is 1.07. The minimum atomic E-state index is -3.60. The number of benzene rings is 1. The Morgan fingerprint density at radius 2 is 2.12 bits per heavy atom. The fourth-order valence-corrected chi connectivity index (χ4v) is 3.39. The highest BCUT2D eigenvalue weighted by Gasteiger charge is 2.18. The van der Waals surface area contributed by atoms with Crippen molar-refractivity contribution in [3.8, 4) is 0 Å². The van der Waals surface area contributed by atoms with Crippen molar-refractivity contribution >= 4 is 15.9 Å². The van der Waals surface area contributed by atoms with E-state index in [1.54, 1.807) is 30.8 Å². The molecule has 130 valence electrons. The van der Waals surface area contributed by atoms with Crippen LogP contribution in [-0.4, -0.2) is 36.7 Å². The molecule has 0 spiro atoms. The summed E-state index contributed by atoms with van der Waals surface area (Å²) >= 11 is 0. The van der Waals surface area contributed by atoms with Crippen LogP contribution < -0.4 is 10.0 Å². The molecule has 1 atom stereocenters. The van der Waals surface area contributed by atoms with Gasteiger partial charge in [-0.3, -0.25) is 9.48 Å². The van der Waals surface area contributed by atoms with Crippen LogP contribution in [0.4, 0.5) is 0 Å². The Hall–Kier alpha value is -2.19. The van der Waals surface area contributed by atoms with Crippen molar-refractivity contribution in [1.29, 1.82) is 0 Å². The van der Waals surface area contributed by atoms with E-state index in [1.165, 1.54) is 12.1 Å². The highest BCUT2D eigenvalue weighted by molar-refractivity contribution is 7.89. The summed E-state index contributed by atoms with van der Waals surface area (Å²) in [7, 11) is -3.60. The smallest absolute Gasteiger partial charge is 0.251 e. The number of rotatable bonds is 7. The molecule has 7 nitrogen and oxygen atoms in total.